The maximum absolute atomic E-state index is 12.3. The summed E-state index contributed by atoms with van der Waals surface area (Å²) in [5.41, 5.74) is 2.47. The molecule has 1 N–H and O–H groups in total. The number of benzene rings is 1. The fraction of sp³-hybridized carbons (Fsp3) is 0.176. The summed E-state index contributed by atoms with van der Waals surface area (Å²) in [5, 5.41) is 5.42. The second-order valence-corrected chi connectivity index (χ2v) is 7.18. The predicted octanol–water partition coefficient (Wildman–Crippen LogP) is 4.58. The highest BCUT2D eigenvalue weighted by molar-refractivity contribution is 7.17. The Morgan fingerprint density at radius 1 is 1.30 bits per heavy atom. The van der Waals surface area contributed by atoms with Crippen LogP contribution < -0.4 is 5.32 Å². The molecule has 0 aliphatic heterocycles. The van der Waals surface area contributed by atoms with E-state index in [0.717, 1.165) is 16.1 Å². The number of hydrogen-bond acceptors (Lipinski definition) is 5. The molecule has 1 aromatic carbocycles. The third-order valence-corrected chi connectivity index (χ3v) is 5.00. The number of aromatic nitrogens is 1. The van der Waals surface area contributed by atoms with Gasteiger partial charge in [0, 0.05) is 22.9 Å². The van der Waals surface area contributed by atoms with Gasteiger partial charge in [-0.2, -0.15) is 0 Å². The molecule has 2 aromatic heterocycles. The van der Waals surface area contributed by atoms with E-state index < -0.39 is 0 Å². The first-order valence-corrected chi connectivity index (χ1v) is 8.77. The highest BCUT2D eigenvalue weighted by atomic mass is 32.1. The first-order chi connectivity index (χ1) is 11.2. The Morgan fingerprint density at radius 3 is 2.91 bits per heavy atom. The highest BCUT2D eigenvalue weighted by Crippen LogP contribution is 2.30. The molecule has 0 saturated heterocycles. The molecule has 0 atom stereocenters. The van der Waals surface area contributed by atoms with E-state index in [9.17, 15) is 4.79 Å². The van der Waals surface area contributed by atoms with Crippen LogP contribution in [-0.2, 0) is 11.3 Å². The number of ether oxygens (including phenoxy) is 1. The van der Waals surface area contributed by atoms with Crippen molar-refractivity contribution in [3.8, 4) is 10.6 Å². The van der Waals surface area contributed by atoms with Crippen LogP contribution in [0.15, 0.2) is 41.8 Å². The lowest BCUT2D eigenvalue weighted by Gasteiger charge is -2.04. The number of carbonyl (C=O) groups excluding carboxylic acids is 1. The standard InChI is InChI=1S/C17H16N2O2S2/c1-11-6-7-15(23-11)14-10-22-17(18-14)19-16(20)13-5-3-4-12(8-13)9-21-2/h3-8,10H,9H2,1-2H3,(H,18,19,20). The normalized spacial score (nSPS) is 10.7. The van der Waals surface area contributed by atoms with Crippen molar-refractivity contribution in [2.24, 2.45) is 0 Å². The molecule has 1 amide bonds. The molecule has 3 aromatic rings. The monoisotopic (exact) mass is 344 g/mol. The second-order valence-electron chi connectivity index (χ2n) is 5.04. The van der Waals surface area contributed by atoms with Crippen molar-refractivity contribution in [3.63, 3.8) is 0 Å². The minimum absolute atomic E-state index is 0.161. The third kappa shape index (κ3) is 3.85. The van der Waals surface area contributed by atoms with Gasteiger partial charge in [0.2, 0.25) is 0 Å². The van der Waals surface area contributed by atoms with Crippen molar-refractivity contribution in [2.75, 3.05) is 12.4 Å². The van der Waals surface area contributed by atoms with E-state index >= 15 is 0 Å². The first kappa shape index (κ1) is 15.9. The number of amides is 1. The topological polar surface area (TPSA) is 51.2 Å². The molecule has 0 radical (unpaired) electrons. The molecule has 0 spiro atoms. The zero-order valence-electron chi connectivity index (χ0n) is 12.8. The Balaban J connectivity index is 1.73. The summed E-state index contributed by atoms with van der Waals surface area (Å²) < 4.78 is 5.09. The van der Waals surface area contributed by atoms with Crippen LogP contribution >= 0.6 is 22.7 Å². The summed E-state index contributed by atoms with van der Waals surface area (Å²) >= 11 is 3.12. The smallest absolute Gasteiger partial charge is 0.257 e. The van der Waals surface area contributed by atoms with E-state index in [4.69, 9.17) is 4.74 Å². The molecule has 2 heterocycles. The van der Waals surface area contributed by atoms with Crippen LogP contribution in [0.4, 0.5) is 5.13 Å². The molecule has 0 fully saturated rings. The molecule has 0 bridgehead atoms. The van der Waals surface area contributed by atoms with Crippen LogP contribution in [0.2, 0.25) is 0 Å². The van der Waals surface area contributed by atoms with Gasteiger partial charge in [0.1, 0.15) is 0 Å². The average molecular weight is 344 g/mol. The Hall–Kier alpha value is -2.02. The molecular formula is C17H16N2O2S2. The summed E-state index contributed by atoms with van der Waals surface area (Å²) in [6, 6.07) is 11.5. The van der Waals surface area contributed by atoms with Crippen molar-refractivity contribution in [1.82, 2.24) is 4.98 Å². The van der Waals surface area contributed by atoms with Crippen molar-refractivity contribution in [3.05, 3.63) is 57.8 Å². The number of methoxy groups -OCH3 is 1. The number of rotatable bonds is 5. The molecule has 0 aliphatic rings. The molecule has 3 rings (SSSR count). The molecule has 4 nitrogen and oxygen atoms in total. The third-order valence-electron chi connectivity index (χ3n) is 3.22. The zero-order valence-corrected chi connectivity index (χ0v) is 14.5. The number of thiophene rings is 1. The summed E-state index contributed by atoms with van der Waals surface area (Å²) in [7, 11) is 1.64. The minimum Gasteiger partial charge on any atom is -0.380 e. The summed E-state index contributed by atoms with van der Waals surface area (Å²) in [6.07, 6.45) is 0. The van der Waals surface area contributed by atoms with Gasteiger partial charge in [0.05, 0.1) is 17.2 Å². The van der Waals surface area contributed by atoms with Crippen molar-refractivity contribution < 1.29 is 9.53 Å². The lowest BCUT2D eigenvalue weighted by atomic mass is 10.1. The predicted molar refractivity (Wildman–Crippen MR) is 95.3 cm³/mol. The van der Waals surface area contributed by atoms with E-state index in [2.05, 4.69) is 29.4 Å². The lowest BCUT2D eigenvalue weighted by molar-refractivity contribution is 0.102. The number of anilines is 1. The molecule has 118 valence electrons. The Labute approximate surface area is 142 Å². The fourth-order valence-corrected chi connectivity index (χ4v) is 3.76. The van der Waals surface area contributed by atoms with Gasteiger partial charge in [-0.05, 0) is 36.8 Å². The number of hydrogen-bond donors (Lipinski definition) is 1. The first-order valence-electron chi connectivity index (χ1n) is 7.07. The van der Waals surface area contributed by atoms with E-state index in [0.29, 0.717) is 17.3 Å². The molecule has 0 aliphatic carbocycles. The lowest BCUT2D eigenvalue weighted by Crippen LogP contribution is -2.12. The molecular weight excluding hydrogens is 328 g/mol. The number of aryl methyl sites for hydroxylation is 1. The SMILES string of the molecule is COCc1cccc(C(=O)Nc2nc(-c3ccc(C)s3)cs2)c1. The van der Waals surface area contributed by atoms with Gasteiger partial charge >= 0.3 is 0 Å². The summed E-state index contributed by atoms with van der Waals surface area (Å²) in [6.45, 7) is 2.55. The summed E-state index contributed by atoms with van der Waals surface area (Å²) in [5.74, 6) is -0.161. The van der Waals surface area contributed by atoms with Crippen molar-refractivity contribution in [1.29, 1.82) is 0 Å². The quantitative estimate of drug-likeness (QED) is 0.737. The maximum atomic E-state index is 12.3. The van der Waals surface area contributed by atoms with Crippen LogP contribution in [0.5, 0.6) is 0 Å². The van der Waals surface area contributed by atoms with Crippen molar-refractivity contribution in [2.45, 2.75) is 13.5 Å². The van der Waals surface area contributed by atoms with E-state index in [1.807, 2.05) is 23.6 Å². The highest BCUT2D eigenvalue weighted by Gasteiger charge is 2.11. The van der Waals surface area contributed by atoms with Gasteiger partial charge in [0.15, 0.2) is 5.13 Å². The Morgan fingerprint density at radius 2 is 2.17 bits per heavy atom. The summed E-state index contributed by atoms with van der Waals surface area (Å²) in [4.78, 5) is 19.2. The number of nitrogens with one attached hydrogen (secondary N) is 1. The minimum atomic E-state index is -0.161. The van der Waals surface area contributed by atoms with Crippen LogP contribution in [0, 0.1) is 6.92 Å². The Bertz CT molecular complexity index is 823. The largest absolute Gasteiger partial charge is 0.380 e. The van der Waals surface area contributed by atoms with E-state index in [1.165, 1.54) is 16.2 Å². The Kier molecular flexibility index (Phi) is 4.85. The van der Waals surface area contributed by atoms with Gasteiger partial charge in [-0.25, -0.2) is 4.98 Å². The van der Waals surface area contributed by atoms with Gasteiger partial charge in [-0.1, -0.05) is 12.1 Å². The van der Waals surface area contributed by atoms with Crippen molar-refractivity contribution >= 4 is 33.7 Å². The molecule has 0 saturated carbocycles. The van der Waals surface area contributed by atoms with Gasteiger partial charge in [0.25, 0.3) is 5.91 Å². The van der Waals surface area contributed by atoms with Crippen LogP contribution in [0.25, 0.3) is 10.6 Å². The molecule has 0 unspecified atom stereocenters. The number of thiazole rings is 1. The second kappa shape index (κ2) is 7.04. The van der Waals surface area contributed by atoms with E-state index in [1.54, 1.807) is 24.5 Å². The zero-order chi connectivity index (χ0) is 16.2. The maximum Gasteiger partial charge on any atom is 0.257 e. The van der Waals surface area contributed by atoms with Crippen LogP contribution in [0.3, 0.4) is 0 Å². The number of nitrogens with zero attached hydrogens (tertiary/aromatic N) is 1. The van der Waals surface area contributed by atoms with Gasteiger partial charge < -0.3 is 4.74 Å². The van der Waals surface area contributed by atoms with Crippen LogP contribution in [0.1, 0.15) is 20.8 Å². The van der Waals surface area contributed by atoms with Gasteiger partial charge in [-0.15, -0.1) is 22.7 Å². The van der Waals surface area contributed by atoms with E-state index in [-0.39, 0.29) is 5.91 Å². The average Bonchev–Trinajstić information content (AvgIpc) is 3.17. The molecule has 6 heteroatoms. The number of carbonyl (C=O) groups is 1. The van der Waals surface area contributed by atoms with Gasteiger partial charge in [-0.3, -0.25) is 10.1 Å². The fourth-order valence-electron chi connectivity index (χ4n) is 2.15. The van der Waals surface area contributed by atoms with Crippen LogP contribution in [-0.4, -0.2) is 18.0 Å². The molecule has 23 heavy (non-hydrogen) atoms.